The molecule has 0 radical (unpaired) electrons. The summed E-state index contributed by atoms with van der Waals surface area (Å²) in [4.78, 5) is 12.1. The number of carbonyl (C=O) groups is 1. The highest BCUT2D eigenvalue weighted by atomic mass is 16.2. The summed E-state index contributed by atoms with van der Waals surface area (Å²) in [5.41, 5.74) is 5.14. The first-order chi connectivity index (χ1) is 7.94. The van der Waals surface area contributed by atoms with Crippen LogP contribution in [0.5, 0.6) is 0 Å². The maximum Gasteiger partial charge on any atom is 0.232 e. The third-order valence-electron chi connectivity index (χ3n) is 3.18. The molecule has 0 aromatic carbocycles. The van der Waals surface area contributed by atoms with Crippen LogP contribution in [0.3, 0.4) is 0 Å². The highest BCUT2D eigenvalue weighted by Crippen LogP contribution is 2.22. The number of rotatable bonds is 5. The number of nitrogens with one attached hydrogen (secondary N) is 1. The average molecular weight is 238 g/mol. The molecule has 1 rings (SSSR count). The molecule has 0 saturated carbocycles. The van der Waals surface area contributed by atoms with Crippen molar-refractivity contribution < 1.29 is 4.79 Å². The van der Waals surface area contributed by atoms with Gasteiger partial charge in [0.05, 0.1) is 11.6 Å². The lowest BCUT2D eigenvalue weighted by Crippen LogP contribution is -2.39. The lowest BCUT2D eigenvalue weighted by atomic mass is 9.87. The SMILES string of the molecule is CCC(C)(CN)C(=O)Nc1ccnn1C(C)C. The Balaban J connectivity index is 2.84. The quantitative estimate of drug-likeness (QED) is 0.821. The van der Waals surface area contributed by atoms with E-state index in [0.29, 0.717) is 13.0 Å². The second-order valence-electron chi connectivity index (χ2n) is 4.83. The Hall–Kier alpha value is -1.36. The number of amides is 1. The van der Waals surface area contributed by atoms with Gasteiger partial charge in [-0.25, -0.2) is 4.68 Å². The van der Waals surface area contributed by atoms with Gasteiger partial charge in [-0.2, -0.15) is 5.10 Å². The van der Waals surface area contributed by atoms with Crippen LogP contribution in [0.4, 0.5) is 5.82 Å². The standard InChI is InChI=1S/C12H22N4O/c1-5-12(4,8-13)11(17)15-10-6-7-14-16(10)9(2)3/h6-7,9H,5,8,13H2,1-4H3,(H,15,17). The maximum atomic E-state index is 12.1. The van der Waals surface area contributed by atoms with E-state index in [2.05, 4.69) is 10.4 Å². The van der Waals surface area contributed by atoms with E-state index in [9.17, 15) is 4.79 Å². The zero-order valence-electron chi connectivity index (χ0n) is 11.0. The van der Waals surface area contributed by atoms with Gasteiger partial charge in [0.25, 0.3) is 0 Å². The summed E-state index contributed by atoms with van der Waals surface area (Å²) in [6, 6.07) is 2.01. The fourth-order valence-electron chi connectivity index (χ4n) is 1.49. The Morgan fingerprint density at radius 2 is 2.29 bits per heavy atom. The van der Waals surface area contributed by atoms with Crippen LogP contribution in [0, 0.1) is 5.41 Å². The van der Waals surface area contributed by atoms with Crippen LogP contribution < -0.4 is 11.1 Å². The van der Waals surface area contributed by atoms with Crippen molar-refractivity contribution in [2.75, 3.05) is 11.9 Å². The number of carbonyl (C=O) groups excluding carboxylic acids is 1. The molecule has 0 aliphatic carbocycles. The van der Waals surface area contributed by atoms with E-state index in [0.717, 1.165) is 5.82 Å². The molecule has 0 aliphatic heterocycles. The van der Waals surface area contributed by atoms with Gasteiger partial charge in [0.2, 0.25) is 5.91 Å². The molecule has 1 unspecified atom stereocenters. The molecule has 96 valence electrons. The first-order valence-electron chi connectivity index (χ1n) is 5.99. The smallest absolute Gasteiger partial charge is 0.232 e. The summed E-state index contributed by atoms with van der Waals surface area (Å²) in [7, 11) is 0. The predicted octanol–water partition coefficient (Wildman–Crippen LogP) is 1.78. The summed E-state index contributed by atoms with van der Waals surface area (Å²) < 4.78 is 1.78. The molecule has 0 spiro atoms. The minimum absolute atomic E-state index is 0.0510. The molecule has 5 nitrogen and oxygen atoms in total. The number of hydrogen-bond donors (Lipinski definition) is 2. The topological polar surface area (TPSA) is 72.9 Å². The Bertz CT molecular complexity index is 380. The molecule has 0 fully saturated rings. The van der Waals surface area contributed by atoms with Crippen molar-refractivity contribution in [1.29, 1.82) is 0 Å². The Kier molecular flexibility index (Phi) is 4.28. The van der Waals surface area contributed by atoms with Crippen LogP contribution in [-0.2, 0) is 4.79 Å². The molecule has 1 heterocycles. The molecule has 0 aliphatic rings. The van der Waals surface area contributed by atoms with Crippen molar-refractivity contribution in [3.8, 4) is 0 Å². The van der Waals surface area contributed by atoms with Crippen molar-refractivity contribution in [1.82, 2.24) is 9.78 Å². The molecular formula is C12H22N4O. The first kappa shape index (κ1) is 13.7. The van der Waals surface area contributed by atoms with Crippen LogP contribution in [0.15, 0.2) is 12.3 Å². The van der Waals surface area contributed by atoms with Gasteiger partial charge >= 0.3 is 0 Å². The van der Waals surface area contributed by atoms with Crippen molar-refractivity contribution in [2.45, 2.75) is 40.2 Å². The molecule has 0 saturated heterocycles. The van der Waals surface area contributed by atoms with E-state index >= 15 is 0 Å². The highest BCUT2D eigenvalue weighted by molar-refractivity contribution is 5.94. The van der Waals surface area contributed by atoms with Crippen molar-refractivity contribution in [2.24, 2.45) is 11.1 Å². The van der Waals surface area contributed by atoms with E-state index in [1.807, 2.05) is 27.7 Å². The summed E-state index contributed by atoms with van der Waals surface area (Å²) >= 11 is 0. The summed E-state index contributed by atoms with van der Waals surface area (Å²) in [6.07, 6.45) is 2.40. The normalized spacial score (nSPS) is 14.7. The van der Waals surface area contributed by atoms with Crippen LogP contribution >= 0.6 is 0 Å². The summed E-state index contributed by atoms with van der Waals surface area (Å²) in [6.45, 7) is 8.21. The van der Waals surface area contributed by atoms with E-state index < -0.39 is 5.41 Å². The Morgan fingerprint density at radius 3 is 2.76 bits per heavy atom. The van der Waals surface area contributed by atoms with E-state index in [-0.39, 0.29) is 11.9 Å². The molecule has 5 heteroatoms. The highest BCUT2D eigenvalue weighted by Gasteiger charge is 2.30. The predicted molar refractivity (Wildman–Crippen MR) is 68.7 cm³/mol. The van der Waals surface area contributed by atoms with Crippen molar-refractivity contribution in [3.63, 3.8) is 0 Å². The van der Waals surface area contributed by atoms with Crippen molar-refractivity contribution >= 4 is 11.7 Å². The number of aromatic nitrogens is 2. The number of hydrogen-bond acceptors (Lipinski definition) is 3. The molecule has 3 N–H and O–H groups in total. The van der Waals surface area contributed by atoms with Crippen LogP contribution in [0.25, 0.3) is 0 Å². The van der Waals surface area contributed by atoms with Gasteiger partial charge in [-0.1, -0.05) is 6.92 Å². The molecular weight excluding hydrogens is 216 g/mol. The lowest BCUT2D eigenvalue weighted by Gasteiger charge is -2.25. The van der Waals surface area contributed by atoms with Gasteiger partial charge in [0, 0.05) is 18.7 Å². The number of nitrogens with two attached hydrogens (primary N) is 1. The van der Waals surface area contributed by atoms with E-state index in [1.165, 1.54) is 0 Å². The van der Waals surface area contributed by atoms with Gasteiger partial charge in [0.15, 0.2) is 0 Å². The number of nitrogens with zero attached hydrogens (tertiary/aromatic N) is 2. The zero-order chi connectivity index (χ0) is 13.1. The van der Waals surface area contributed by atoms with Crippen molar-refractivity contribution in [3.05, 3.63) is 12.3 Å². The molecule has 1 amide bonds. The van der Waals surface area contributed by atoms with Gasteiger partial charge < -0.3 is 11.1 Å². The van der Waals surface area contributed by atoms with Gasteiger partial charge in [-0.3, -0.25) is 4.79 Å². The fourth-order valence-corrected chi connectivity index (χ4v) is 1.49. The first-order valence-corrected chi connectivity index (χ1v) is 5.99. The largest absolute Gasteiger partial charge is 0.329 e. The maximum absolute atomic E-state index is 12.1. The summed E-state index contributed by atoms with van der Waals surface area (Å²) in [5.74, 6) is 0.669. The molecule has 17 heavy (non-hydrogen) atoms. The monoisotopic (exact) mass is 238 g/mol. The zero-order valence-corrected chi connectivity index (χ0v) is 11.0. The van der Waals surface area contributed by atoms with Gasteiger partial charge in [-0.05, 0) is 27.2 Å². The second-order valence-corrected chi connectivity index (χ2v) is 4.83. The van der Waals surface area contributed by atoms with Crippen LogP contribution in [-0.4, -0.2) is 22.2 Å². The van der Waals surface area contributed by atoms with Crippen LogP contribution in [0.2, 0.25) is 0 Å². The molecule has 1 aromatic heterocycles. The van der Waals surface area contributed by atoms with Gasteiger partial charge in [0.1, 0.15) is 5.82 Å². The van der Waals surface area contributed by atoms with Gasteiger partial charge in [-0.15, -0.1) is 0 Å². The Labute approximate surface area is 102 Å². The minimum atomic E-state index is -0.522. The molecule has 1 aromatic rings. The van der Waals surface area contributed by atoms with Crippen LogP contribution in [0.1, 0.15) is 40.2 Å². The lowest BCUT2D eigenvalue weighted by molar-refractivity contribution is -0.124. The van der Waals surface area contributed by atoms with E-state index in [4.69, 9.17) is 5.73 Å². The molecule has 1 atom stereocenters. The third-order valence-corrected chi connectivity index (χ3v) is 3.18. The fraction of sp³-hybridized carbons (Fsp3) is 0.667. The van der Waals surface area contributed by atoms with E-state index in [1.54, 1.807) is 16.9 Å². The Morgan fingerprint density at radius 1 is 1.65 bits per heavy atom. The number of anilines is 1. The average Bonchev–Trinajstić information content (AvgIpc) is 2.76. The minimum Gasteiger partial charge on any atom is -0.329 e. The molecule has 0 bridgehead atoms. The second kappa shape index (κ2) is 5.31. The third kappa shape index (κ3) is 2.85. The summed E-state index contributed by atoms with van der Waals surface area (Å²) in [5, 5.41) is 7.07.